The van der Waals surface area contributed by atoms with Crippen molar-refractivity contribution in [3.63, 3.8) is 0 Å². The first-order valence-corrected chi connectivity index (χ1v) is 6.67. The van der Waals surface area contributed by atoms with Crippen molar-refractivity contribution in [3.05, 3.63) is 10.6 Å². The van der Waals surface area contributed by atoms with E-state index in [1.807, 2.05) is 0 Å². The molecule has 0 aliphatic carbocycles. The van der Waals surface area contributed by atoms with Crippen LogP contribution in [0.3, 0.4) is 0 Å². The molecule has 1 N–H and O–H groups in total. The normalized spacial score (nSPS) is 23.1. The van der Waals surface area contributed by atoms with Crippen molar-refractivity contribution in [3.8, 4) is 0 Å². The van der Waals surface area contributed by atoms with E-state index in [-0.39, 0.29) is 0 Å². The molecule has 1 aliphatic rings. The Kier molecular flexibility index (Phi) is 3.70. The van der Waals surface area contributed by atoms with Gasteiger partial charge in [0.25, 0.3) is 0 Å². The Labute approximate surface area is 93.1 Å². The molecule has 0 aromatic carbocycles. The summed E-state index contributed by atoms with van der Waals surface area (Å²) in [4.78, 5) is 0. The minimum atomic E-state index is -3.36. The van der Waals surface area contributed by atoms with Crippen LogP contribution >= 0.6 is 23.4 Å². The fourth-order valence-electron chi connectivity index (χ4n) is 1.01. The van der Waals surface area contributed by atoms with Crippen LogP contribution in [0.2, 0.25) is 0 Å². The maximum Gasteiger partial charge on any atom is 0.244 e. The standard InChI is InChI=1S/C6H12ClN3O2S2/c1-8-14(11,12)6-10(9(2)3)5(7)4-13-6/h4,6,8H,1-3H3. The summed E-state index contributed by atoms with van der Waals surface area (Å²) >= 11 is 7.02. The number of nitrogens with one attached hydrogen (secondary N) is 1. The summed E-state index contributed by atoms with van der Waals surface area (Å²) in [6.07, 6.45) is 0. The molecule has 0 fully saturated rings. The van der Waals surface area contributed by atoms with Gasteiger partial charge < -0.3 is 0 Å². The van der Waals surface area contributed by atoms with E-state index < -0.39 is 14.7 Å². The van der Waals surface area contributed by atoms with Crippen molar-refractivity contribution in [1.82, 2.24) is 14.7 Å². The Hall–Kier alpha value is 0.0500. The zero-order valence-corrected chi connectivity index (χ0v) is 10.4. The van der Waals surface area contributed by atoms with Crippen LogP contribution < -0.4 is 4.72 Å². The summed E-state index contributed by atoms with van der Waals surface area (Å²) in [5, 5.41) is 5.15. The van der Waals surface area contributed by atoms with Gasteiger partial charge in [-0.25, -0.2) is 18.1 Å². The smallest absolute Gasteiger partial charge is 0.244 e. The second-order valence-electron chi connectivity index (χ2n) is 2.82. The summed E-state index contributed by atoms with van der Waals surface area (Å²) in [6.45, 7) is 0. The van der Waals surface area contributed by atoms with Crippen molar-refractivity contribution in [2.75, 3.05) is 21.1 Å². The number of rotatable bonds is 3. The predicted octanol–water partition coefficient (Wildman–Crippen LogP) is 0.382. The third-order valence-electron chi connectivity index (χ3n) is 1.68. The van der Waals surface area contributed by atoms with Gasteiger partial charge in [0.1, 0.15) is 5.16 Å². The molecule has 8 heteroatoms. The van der Waals surface area contributed by atoms with Crippen LogP contribution in [0, 0.1) is 0 Å². The summed E-state index contributed by atoms with van der Waals surface area (Å²) in [5.41, 5.74) is 0. The van der Waals surface area contributed by atoms with Gasteiger partial charge in [-0.1, -0.05) is 23.4 Å². The Morgan fingerprint density at radius 2 is 2.21 bits per heavy atom. The van der Waals surface area contributed by atoms with E-state index in [2.05, 4.69) is 4.72 Å². The number of hydrazine groups is 1. The van der Waals surface area contributed by atoms with Gasteiger partial charge in [0.2, 0.25) is 14.7 Å². The molecule has 0 amide bonds. The van der Waals surface area contributed by atoms with Crippen molar-refractivity contribution < 1.29 is 8.42 Å². The van der Waals surface area contributed by atoms with E-state index in [0.717, 1.165) is 11.8 Å². The van der Waals surface area contributed by atoms with E-state index in [4.69, 9.17) is 11.6 Å². The van der Waals surface area contributed by atoms with Gasteiger partial charge in [-0.15, -0.1) is 0 Å². The van der Waals surface area contributed by atoms with Crippen molar-refractivity contribution in [2.24, 2.45) is 0 Å². The van der Waals surface area contributed by atoms with Crippen LogP contribution in [-0.4, -0.2) is 44.3 Å². The van der Waals surface area contributed by atoms with Gasteiger partial charge in [-0.05, 0) is 7.05 Å². The first-order valence-electron chi connectivity index (χ1n) is 3.80. The maximum atomic E-state index is 11.6. The van der Waals surface area contributed by atoms with Crippen molar-refractivity contribution in [2.45, 2.75) is 4.71 Å². The highest BCUT2D eigenvalue weighted by Crippen LogP contribution is 2.35. The largest absolute Gasteiger partial charge is 0.265 e. The van der Waals surface area contributed by atoms with Gasteiger partial charge in [0, 0.05) is 19.5 Å². The number of nitrogens with zero attached hydrogens (tertiary/aromatic N) is 2. The van der Waals surface area contributed by atoms with Gasteiger partial charge >= 0.3 is 0 Å². The Bertz CT molecular complexity index is 341. The lowest BCUT2D eigenvalue weighted by molar-refractivity contribution is 0.0908. The highest BCUT2D eigenvalue weighted by molar-refractivity contribution is 8.14. The molecule has 82 valence electrons. The lowest BCUT2D eigenvalue weighted by Crippen LogP contribution is -2.46. The van der Waals surface area contributed by atoms with Gasteiger partial charge in [-0.2, -0.15) is 0 Å². The fraction of sp³-hybridized carbons (Fsp3) is 0.667. The molecule has 1 rings (SSSR count). The Morgan fingerprint density at radius 3 is 2.64 bits per heavy atom. The molecule has 1 unspecified atom stereocenters. The van der Waals surface area contributed by atoms with E-state index in [0.29, 0.717) is 5.16 Å². The maximum absolute atomic E-state index is 11.6. The number of hydrogen-bond donors (Lipinski definition) is 1. The predicted molar refractivity (Wildman–Crippen MR) is 58.8 cm³/mol. The fourth-order valence-corrected chi connectivity index (χ4v) is 4.09. The van der Waals surface area contributed by atoms with Gasteiger partial charge in [0.15, 0.2) is 0 Å². The molecule has 1 aliphatic heterocycles. The lowest BCUT2D eigenvalue weighted by atomic mass is 10.9. The Morgan fingerprint density at radius 1 is 1.64 bits per heavy atom. The average Bonchev–Trinajstić information content (AvgIpc) is 2.47. The molecule has 0 spiro atoms. The monoisotopic (exact) mass is 257 g/mol. The molecule has 0 saturated heterocycles. The highest BCUT2D eigenvalue weighted by atomic mass is 35.5. The number of thioether (sulfide) groups is 1. The van der Waals surface area contributed by atoms with E-state index in [1.54, 1.807) is 24.5 Å². The molecule has 0 radical (unpaired) electrons. The van der Waals surface area contributed by atoms with Crippen molar-refractivity contribution >= 4 is 33.4 Å². The highest BCUT2D eigenvalue weighted by Gasteiger charge is 2.37. The molecular weight excluding hydrogens is 246 g/mol. The first kappa shape index (κ1) is 12.1. The molecular formula is C6H12ClN3O2S2. The number of hydrogen-bond acceptors (Lipinski definition) is 5. The van der Waals surface area contributed by atoms with E-state index in [9.17, 15) is 8.42 Å². The SMILES string of the molecule is CNS(=O)(=O)C1SC=C(Cl)N1N(C)C. The van der Waals surface area contributed by atoms with Crippen LogP contribution in [0.1, 0.15) is 0 Å². The zero-order chi connectivity index (χ0) is 10.9. The topological polar surface area (TPSA) is 52.7 Å². The molecule has 0 aromatic heterocycles. The van der Waals surface area contributed by atoms with Crippen LogP contribution in [0.25, 0.3) is 0 Å². The summed E-state index contributed by atoms with van der Waals surface area (Å²) in [6, 6.07) is 0. The zero-order valence-electron chi connectivity index (χ0n) is 8.06. The minimum Gasteiger partial charge on any atom is -0.265 e. The minimum absolute atomic E-state index is 0.406. The van der Waals surface area contributed by atoms with Crippen LogP contribution in [0.5, 0.6) is 0 Å². The average molecular weight is 258 g/mol. The second-order valence-corrected chi connectivity index (χ2v) is 6.41. The molecule has 5 nitrogen and oxygen atoms in total. The molecule has 0 aromatic rings. The van der Waals surface area contributed by atoms with Crippen molar-refractivity contribution in [1.29, 1.82) is 0 Å². The quantitative estimate of drug-likeness (QED) is 0.741. The third kappa shape index (κ3) is 2.17. The van der Waals surface area contributed by atoms with Crippen LogP contribution in [-0.2, 0) is 10.0 Å². The number of sulfonamides is 1. The summed E-state index contributed by atoms with van der Waals surface area (Å²) < 4.78 is 24.7. The van der Waals surface area contributed by atoms with E-state index >= 15 is 0 Å². The lowest BCUT2D eigenvalue weighted by Gasteiger charge is -2.31. The summed E-state index contributed by atoms with van der Waals surface area (Å²) in [5.74, 6) is 0. The molecule has 1 atom stereocenters. The first-order chi connectivity index (χ1) is 6.40. The molecule has 0 saturated carbocycles. The van der Waals surface area contributed by atoms with Crippen LogP contribution in [0.15, 0.2) is 10.6 Å². The molecule has 1 heterocycles. The van der Waals surface area contributed by atoms with Crippen LogP contribution in [0.4, 0.5) is 0 Å². The Balaban J connectivity index is 2.95. The summed E-state index contributed by atoms with van der Waals surface area (Å²) in [7, 11) is 1.49. The molecule has 14 heavy (non-hydrogen) atoms. The van der Waals surface area contributed by atoms with Gasteiger partial charge in [-0.3, -0.25) is 5.01 Å². The third-order valence-corrected chi connectivity index (χ3v) is 5.28. The number of halogens is 1. The van der Waals surface area contributed by atoms with Gasteiger partial charge in [0.05, 0.1) is 0 Å². The molecule has 0 bridgehead atoms. The van der Waals surface area contributed by atoms with E-state index in [1.165, 1.54) is 12.1 Å². The second kappa shape index (κ2) is 4.28.